The van der Waals surface area contributed by atoms with Crippen molar-refractivity contribution < 1.29 is 4.74 Å². The molecule has 2 N–H and O–H groups in total. The van der Waals surface area contributed by atoms with Crippen LogP contribution in [0.25, 0.3) is 0 Å². The molecule has 0 heterocycles. The van der Waals surface area contributed by atoms with E-state index >= 15 is 0 Å². The molecule has 0 radical (unpaired) electrons. The smallest absolute Gasteiger partial charge is 0.119 e. The summed E-state index contributed by atoms with van der Waals surface area (Å²) in [5.74, 6) is 0.906. The molecule has 0 spiro atoms. The molecule has 0 aliphatic heterocycles. The first-order valence-corrected chi connectivity index (χ1v) is 7.05. The molecule has 2 heteroatoms. The lowest BCUT2D eigenvalue weighted by molar-refractivity contribution is 0.187. The minimum Gasteiger partial charge on any atom is -0.493 e. The van der Waals surface area contributed by atoms with Gasteiger partial charge in [0.2, 0.25) is 0 Å². The molecule has 2 aromatic rings. The Kier molecular flexibility index (Phi) is 4.80. The monoisotopic (exact) mass is 269 g/mol. The third kappa shape index (κ3) is 4.39. The Morgan fingerprint density at radius 1 is 0.900 bits per heavy atom. The van der Waals surface area contributed by atoms with Crippen LogP contribution in [-0.4, -0.2) is 13.2 Å². The maximum Gasteiger partial charge on any atom is 0.119 e. The van der Waals surface area contributed by atoms with Crippen molar-refractivity contribution in [3.05, 3.63) is 65.7 Å². The van der Waals surface area contributed by atoms with Gasteiger partial charge in [0.05, 0.1) is 6.61 Å². The number of hydrogen-bond acceptors (Lipinski definition) is 2. The minimum atomic E-state index is 0.0166. The normalized spacial score (nSPS) is 11.3. The summed E-state index contributed by atoms with van der Waals surface area (Å²) in [5.41, 5.74) is 8.33. The molecule has 0 aliphatic carbocycles. The van der Waals surface area contributed by atoms with Gasteiger partial charge in [-0.2, -0.15) is 0 Å². The van der Waals surface area contributed by atoms with Gasteiger partial charge in [-0.1, -0.05) is 56.3 Å². The Balaban J connectivity index is 1.93. The summed E-state index contributed by atoms with van der Waals surface area (Å²) in [6.07, 6.45) is 0.954. The Bertz CT molecular complexity index is 517. The second-order valence-electron chi connectivity index (χ2n) is 5.96. The highest BCUT2D eigenvalue weighted by atomic mass is 16.5. The van der Waals surface area contributed by atoms with Gasteiger partial charge in [0.15, 0.2) is 0 Å². The molecular formula is C18H23NO. The second-order valence-corrected chi connectivity index (χ2v) is 5.96. The largest absolute Gasteiger partial charge is 0.493 e. The summed E-state index contributed by atoms with van der Waals surface area (Å²) < 4.78 is 5.79. The van der Waals surface area contributed by atoms with Gasteiger partial charge in [-0.15, -0.1) is 0 Å². The molecule has 0 atom stereocenters. The molecule has 0 amide bonds. The zero-order valence-electron chi connectivity index (χ0n) is 12.3. The molecule has 0 fully saturated rings. The standard InChI is InChI=1S/C18H23NO/c1-18(2,13-19)14-20-17-10-8-16(9-11-17)12-15-6-4-3-5-7-15/h3-11H,12-14,19H2,1-2H3. The molecule has 0 saturated carbocycles. The number of hydrogen-bond donors (Lipinski definition) is 1. The van der Waals surface area contributed by atoms with E-state index in [4.69, 9.17) is 10.5 Å². The average Bonchev–Trinajstić information content (AvgIpc) is 2.48. The summed E-state index contributed by atoms with van der Waals surface area (Å²) in [6.45, 7) is 5.48. The molecule has 0 aliphatic rings. The van der Waals surface area contributed by atoms with Crippen molar-refractivity contribution in [1.29, 1.82) is 0 Å². The molecule has 0 saturated heterocycles. The Labute approximate surface area is 121 Å². The highest BCUT2D eigenvalue weighted by molar-refractivity contribution is 5.31. The minimum absolute atomic E-state index is 0.0166. The lowest BCUT2D eigenvalue weighted by atomic mass is 9.95. The van der Waals surface area contributed by atoms with Crippen LogP contribution < -0.4 is 10.5 Å². The van der Waals surface area contributed by atoms with E-state index in [1.807, 2.05) is 18.2 Å². The van der Waals surface area contributed by atoms with Gasteiger partial charge < -0.3 is 10.5 Å². The first-order valence-electron chi connectivity index (χ1n) is 7.05. The van der Waals surface area contributed by atoms with Crippen LogP contribution in [0.3, 0.4) is 0 Å². The highest BCUT2D eigenvalue weighted by Crippen LogP contribution is 2.19. The summed E-state index contributed by atoms with van der Waals surface area (Å²) in [7, 11) is 0. The van der Waals surface area contributed by atoms with E-state index < -0.39 is 0 Å². The Hall–Kier alpha value is -1.80. The van der Waals surface area contributed by atoms with Crippen molar-refractivity contribution in [2.75, 3.05) is 13.2 Å². The molecule has 0 unspecified atom stereocenters. The summed E-state index contributed by atoms with van der Waals surface area (Å²) in [5, 5.41) is 0. The zero-order chi connectivity index (χ0) is 14.4. The van der Waals surface area contributed by atoms with Gasteiger partial charge in [0.25, 0.3) is 0 Å². The molecule has 0 aromatic heterocycles. The van der Waals surface area contributed by atoms with Crippen molar-refractivity contribution in [1.82, 2.24) is 0 Å². The number of ether oxygens (including phenoxy) is 1. The summed E-state index contributed by atoms with van der Waals surface area (Å²) in [6, 6.07) is 18.8. The predicted molar refractivity (Wildman–Crippen MR) is 84.0 cm³/mol. The molecule has 2 nitrogen and oxygen atoms in total. The lowest BCUT2D eigenvalue weighted by Gasteiger charge is -2.22. The maximum absolute atomic E-state index is 5.79. The van der Waals surface area contributed by atoms with E-state index in [2.05, 4.69) is 50.2 Å². The van der Waals surface area contributed by atoms with Crippen LogP contribution in [0.1, 0.15) is 25.0 Å². The van der Waals surface area contributed by atoms with E-state index in [0.717, 1.165) is 12.2 Å². The highest BCUT2D eigenvalue weighted by Gasteiger charge is 2.16. The van der Waals surface area contributed by atoms with Gasteiger partial charge in [0, 0.05) is 12.0 Å². The van der Waals surface area contributed by atoms with E-state index in [1.165, 1.54) is 11.1 Å². The van der Waals surface area contributed by atoms with Crippen LogP contribution in [0, 0.1) is 5.41 Å². The fourth-order valence-corrected chi connectivity index (χ4v) is 1.87. The van der Waals surface area contributed by atoms with Crippen molar-refractivity contribution in [3.8, 4) is 5.75 Å². The quantitative estimate of drug-likeness (QED) is 0.869. The van der Waals surface area contributed by atoms with Crippen LogP contribution in [0.2, 0.25) is 0 Å². The maximum atomic E-state index is 5.79. The Morgan fingerprint density at radius 3 is 2.10 bits per heavy atom. The van der Waals surface area contributed by atoms with Crippen molar-refractivity contribution in [2.45, 2.75) is 20.3 Å². The first-order chi connectivity index (χ1) is 9.59. The van der Waals surface area contributed by atoms with Crippen LogP contribution in [0.15, 0.2) is 54.6 Å². The fraction of sp³-hybridized carbons (Fsp3) is 0.333. The second kappa shape index (κ2) is 6.58. The van der Waals surface area contributed by atoms with Gasteiger partial charge in [-0.25, -0.2) is 0 Å². The van der Waals surface area contributed by atoms with Crippen LogP contribution >= 0.6 is 0 Å². The third-order valence-corrected chi connectivity index (χ3v) is 3.36. The number of nitrogens with two attached hydrogens (primary N) is 1. The van der Waals surface area contributed by atoms with Crippen molar-refractivity contribution in [3.63, 3.8) is 0 Å². The molecule has 0 bridgehead atoms. The Morgan fingerprint density at radius 2 is 1.50 bits per heavy atom. The van der Waals surface area contributed by atoms with Crippen LogP contribution in [0.5, 0.6) is 5.75 Å². The summed E-state index contributed by atoms with van der Waals surface area (Å²) >= 11 is 0. The number of rotatable bonds is 6. The van der Waals surface area contributed by atoms with Crippen LogP contribution in [0.4, 0.5) is 0 Å². The molecule has 2 aromatic carbocycles. The number of benzene rings is 2. The molecular weight excluding hydrogens is 246 g/mol. The first kappa shape index (κ1) is 14.6. The topological polar surface area (TPSA) is 35.2 Å². The average molecular weight is 269 g/mol. The SMILES string of the molecule is CC(C)(CN)COc1ccc(Cc2ccccc2)cc1. The van der Waals surface area contributed by atoms with E-state index in [1.54, 1.807) is 0 Å². The third-order valence-electron chi connectivity index (χ3n) is 3.36. The molecule has 2 rings (SSSR count). The van der Waals surface area contributed by atoms with E-state index in [9.17, 15) is 0 Å². The van der Waals surface area contributed by atoms with Crippen molar-refractivity contribution >= 4 is 0 Å². The summed E-state index contributed by atoms with van der Waals surface area (Å²) in [4.78, 5) is 0. The fourth-order valence-electron chi connectivity index (χ4n) is 1.87. The van der Waals surface area contributed by atoms with Crippen molar-refractivity contribution in [2.24, 2.45) is 11.1 Å². The molecule has 20 heavy (non-hydrogen) atoms. The predicted octanol–water partition coefficient (Wildman–Crippen LogP) is 3.64. The van der Waals surface area contributed by atoms with Gasteiger partial charge in [-0.3, -0.25) is 0 Å². The van der Waals surface area contributed by atoms with Crippen LogP contribution in [-0.2, 0) is 6.42 Å². The van der Waals surface area contributed by atoms with E-state index in [-0.39, 0.29) is 5.41 Å². The van der Waals surface area contributed by atoms with Gasteiger partial charge >= 0.3 is 0 Å². The zero-order valence-corrected chi connectivity index (χ0v) is 12.3. The van der Waals surface area contributed by atoms with E-state index in [0.29, 0.717) is 13.2 Å². The van der Waals surface area contributed by atoms with Gasteiger partial charge in [-0.05, 0) is 29.7 Å². The van der Waals surface area contributed by atoms with Gasteiger partial charge in [0.1, 0.15) is 5.75 Å². The lowest BCUT2D eigenvalue weighted by Crippen LogP contribution is -2.30. The molecule has 106 valence electrons.